The van der Waals surface area contributed by atoms with Crippen molar-refractivity contribution in [3.63, 3.8) is 0 Å². The van der Waals surface area contributed by atoms with Gasteiger partial charge < -0.3 is 5.73 Å². The third kappa shape index (κ3) is 2.53. The molecule has 1 aromatic carbocycles. The maximum atomic E-state index is 5.50. The van der Waals surface area contributed by atoms with Crippen LogP contribution in [0.5, 0.6) is 0 Å². The standard InChI is InChI=1S/C13H14N6/c14-6-12-10-18(17-16-12)8-11-7-15-19(9-11)13-4-2-1-3-5-13/h1-5,7,9-10H,6,8,14H2. The molecule has 0 unspecified atom stereocenters. The van der Waals surface area contributed by atoms with Crippen LogP contribution in [0, 0.1) is 0 Å². The van der Waals surface area contributed by atoms with Crippen molar-refractivity contribution in [3.05, 3.63) is 60.2 Å². The Morgan fingerprint density at radius 3 is 2.68 bits per heavy atom. The summed E-state index contributed by atoms with van der Waals surface area (Å²) in [4.78, 5) is 0. The monoisotopic (exact) mass is 254 g/mol. The molecule has 0 radical (unpaired) electrons. The van der Waals surface area contributed by atoms with Gasteiger partial charge in [0.15, 0.2) is 0 Å². The highest BCUT2D eigenvalue weighted by Gasteiger charge is 2.03. The van der Waals surface area contributed by atoms with Crippen LogP contribution in [0.4, 0.5) is 0 Å². The number of hydrogen-bond donors (Lipinski definition) is 1. The SMILES string of the molecule is NCc1cn(Cc2cnn(-c3ccccc3)c2)nn1. The van der Waals surface area contributed by atoms with E-state index < -0.39 is 0 Å². The lowest BCUT2D eigenvalue weighted by molar-refractivity contribution is 0.649. The second kappa shape index (κ2) is 5.03. The average molecular weight is 254 g/mol. The maximum absolute atomic E-state index is 5.50. The first-order valence-electron chi connectivity index (χ1n) is 6.03. The molecule has 96 valence electrons. The first kappa shape index (κ1) is 11.6. The Hall–Kier alpha value is -2.47. The van der Waals surface area contributed by atoms with Crippen LogP contribution in [0.1, 0.15) is 11.3 Å². The molecule has 2 heterocycles. The zero-order valence-electron chi connectivity index (χ0n) is 10.3. The Morgan fingerprint density at radius 1 is 1.11 bits per heavy atom. The van der Waals surface area contributed by atoms with Crippen molar-refractivity contribution in [3.8, 4) is 5.69 Å². The lowest BCUT2D eigenvalue weighted by Crippen LogP contribution is -1.99. The predicted octanol–water partition coefficient (Wildman–Crippen LogP) is 0.971. The minimum Gasteiger partial charge on any atom is -0.325 e. The second-order valence-corrected chi connectivity index (χ2v) is 4.24. The smallest absolute Gasteiger partial charge is 0.0962 e. The third-order valence-corrected chi connectivity index (χ3v) is 2.80. The fourth-order valence-corrected chi connectivity index (χ4v) is 1.86. The topological polar surface area (TPSA) is 74.6 Å². The minimum absolute atomic E-state index is 0.406. The van der Waals surface area contributed by atoms with Gasteiger partial charge in [-0.2, -0.15) is 5.10 Å². The van der Waals surface area contributed by atoms with E-state index in [1.165, 1.54) is 0 Å². The lowest BCUT2D eigenvalue weighted by atomic mass is 10.3. The van der Waals surface area contributed by atoms with E-state index in [4.69, 9.17) is 5.73 Å². The van der Waals surface area contributed by atoms with Gasteiger partial charge in [0.05, 0.1) is 30.3 Å². The number of benzene rings is 1. The van der Waals surface area contributed by atoms with Gasteiger partial charge in [0.2, 0.25) is 0 Å². The Kier molecular flexibility index (Phi) is 3.07. The van der Waals surface area contributed by atoms with Crippen LogP contribution in [-0.4, -0.2) is 24.8 Å². The molecular formula is C13H14N6. The first-order chi connectivity index (χ1) is 9.35. The summed E-state index contributed by atoms with van der Waals surface area (Å²) in [6.07, 6.45) is 5.66. The van der Waals surface area contributed by atoms with E-state index in [1.807, 2.05) is 53.6 Å². The van der Waals surface area contributed by atoms with Crippen LogP contribution >= 0.6 is 0 Å². The summed E-state index contributed by atoms with van der Waals surface area (Å²) in [5.74, 6) is 0. The number of hydrogen-bond acceptors (Lipinski definition) is 4. The number of nitrogens with two attached hydrogens (primary N) is 1. The molecule has 0 spiro atoms. The molecule has 6 heteroatoms. The maximum Gasteiger partial charge on any atom is 0.0962 e. The summed E-state index contributed by atoms with van der Waals surface area (Å²) < 4.78 is 3.60. The van der Waals surface area contributed by atoms with Gasteiger partial charge in [0.1, 0.15) is 0 Å². The number of nitrogens with zero attached hydrogens (tertiary/aromatic N) is 5. The van der Waals surface area contributed by atoms with Gasteiger partial charge in [-0.1, -0.05) is 23.4 Å². The Bertz CT molecular complexity index is 655. The normalized spacial score (nSPS) is 10.8. The molecule has 3 aromatic rings. The highest BCUT2D eigenvalue weighted by molar-refractivity contribution is 5.30. The number of rotatable bonds is 4. The molecule has 6 nitrogen and oxygen atoms in total. The first-order valence-corrected chi connectivity index (χ1v) is 6.03. The predicted molar refractivity (Wildman–Crippen MR) is 70.6 cm³/mol. The Balaban J connectivity index is 1.78. The molecule has 2 aromatic heterocycles. The van der Waals surface area contributed by atoms with E-state index in [-0.39, 0.29) is 0 Å². The zero-order valence-corrected chi connectivity index (χ0v) is 10.3. The number of aromatic nitrogens is 5. The highest BCUT2D eigenvalue weighted by atomic mass is 15.4. The van der Waals surface area contributed by atoms with E-state index in [9.17, 15) is 0 Å². The largest absolute Gasteiger partial charge is 0.325 e. The van der Waals surface area contributed by atoms with Gasteiger partial charge in [-0.3, -0.25) is 0 Å². The Morgan fingerprint density at radius 2 is 1.95 bits per heavy atom. The summed E-state index contributed by atoms with van der Waals surface area (Å²) in [6, 6.07) is 9.98. The van der Waals surface area contributed by atoms with Crippen LogP contribution in [0.15, 0.2) is 48.9 Å². The van der Waals surface area contributed by atoms with E-state index in [2.05, 4.69) is 15.4 Å². The molecule has 0 atom stereocenters. The van der Waals surface area contributed by atoms with Crippen molar-refractivity contribution >= 4 is 0 Å². The van der Waals surface area contributed by atoms with E-state index in [0.717, 1.165) is 16.9 Å². The Labute approximate surface area is 110 Å². The summed E-state index contributed by atoms with van der Waals surface area (Å²) in [5.41, 5.74) is 8.40. The molecule has 0 bridgehead atoms. The van der Waals surface area contributed by atoms with Crippen LogP contribution in [0.25, 0.3) is 5.69 Å². The lowest BCUT2D eigenvalue weighted by Gasteiger charge is -1.99. The average Bonchev–Trinajstić information content (AvgIpc) is 3.09. The van der Waals surface area contributed by atoms with Crippen molar-refractivity contribution in [1.82, 2.24) is 24.8 Å². The molecule has 2 N–H and O–H groups in total. The minimum atomic E-state index is 0.406. The molecule has 0 saturated heterocycles. The zero-order chi connectivity index (χ0) is 13.1. The molecular weight excluding hydrogens is 240 g/mol. The van der Waals surface area contributed by atoms with Crippen LogP contribution in [0.2, 0.25) is 0 Å². The molecule has 0 amide bonds. The summed E-state index contributed by atoms with van der Waals surface area (Å²) in [6.45, 7) is 1.04. The van der Waals surface area contributed by atoms with Crippen molar-refractivity contribution in [1.29, 1.82) is 0 Å². The van der Waals surface area contributed by atoms with Crippen molar-refractivity contribution < 1.29 is 0 Å². The molecule has 0 fully saturated rings. The fraction of sp³-hybridized carbons (Fsp3) is 0.154. The molecule has 19 heavy (non-hydrogen) atoms. The molecule has 0 aliphatic carbocycles. The van der Waals surface area contributed by atoms with Crippen molar-refractivity contribution in [2.24, 2.45) is 5.73 Å². The van der Waals surface area contributed by atoms with E-state index in [1.54, 1.807) is 4.68 Å². The third-order valence-electron chi connectivity index (χ3n) is 2.80. The van der Waals surface area contributed by atoms with E-state index in [0.29, 0.717) is 13.1 Å². The second-order valence-electron chi connectivity index (χ2n) is 4.24. The van der Waals surface area contributed by atoms with E-state index >= 15 is 0 Å². The van der Waals surface area contributed by atoms with Crippen molar-refractivity contribution in [2.75, 3.05) is 0 Å². The molecule has 0 saturated carbocycles. The van der Waals surface area contributed by atoms with Gasteiger partial charge in [0, 0.05) is 18.3 Å². The van der Waals surface area contributed by atoms with Crippen LogP contribution in [-0.2, 0) is 13.1 Å². The van der Waals surface area contributed by atoms with Gasteiger partial charge in [0.25, 0.3) is 0 Å². The number of para-hydroxylation sites is 1. The molecule has 0 aliphatic rings. The summed E-state index contributed by atoms with van der Waals surface area (Å²) >= 11 is 0. The van der Waals surface area contributed by atoms with Gasteiger partial charge in [-0.25, -0.2) is 9.36 Å². The van der Waals surface area contributed by atoms with Gasteiger partial charge in [-0.05, 0) is 12.1 Å². The van der Waals surface area contributed by atoms with Crippen LogP contribution < -0.4 is 5.73 Å². The van der Waals surface area contributed by atoms with Crippen LogP contribution in [0.3, 0.4) is 0 Å². The summed E-state index contributed by atoms with van der Waals surface area (Å²) in [7, 11) is 0. The van der Waals surface area contributed by atoms with Crippen molar-refractivity contribution in [2.45, 2.75) is 13.1 Å². The summed E-state index contributed by atoms with van der Waals surface area (Å²) in [5, 5.41) is 12.3. The highest BCUT2D eigenvalue weighted by Crippen LogP contribution is 2.08. The molecule has 0 aliphatic heterocycles. The quantitative estimate of drug-likeness (QED) is 0.753. The van der Waals surface area contributed by atoms with Gasteiger partial charge >= 0.3 is 0 Å². The molecule has 3 rings (SSSR count). The van der Waals surface area contributed by atoms with Gasteiger partial charge in [-0.15, -0.1) is 5.10 Å². The fourth-order valence-electron chi connectivity index (χ4n) is 1.86.